The summed E-state index contributed by atoms with van der Waals surface area (Å²) in [4.78, 5) is 15.2. The Hall–Kier alpha value is -0.530. The number of carbonyl (C=O) groups is 1. The van der Waals surface area contributed by atoms with Gasteiger partial charge in [0.05, 0.1) is 7.11 Å². The normalized spacial score (nSPS) is 15.3. The van der Waals surface area contributed by atoms with Gasteiger partial charge in [-0.2, -0.15) is 0 Å². The highest BCUT2D eigenvalue weighted by molar-refractivity contribution is 14.0. The molecule has 19 heavy (non-hydrogen) atoms. The van der Waals surface area contributed by atoms with Gasteiger partial charge in [0.2, 0.25) is 0 Å². The summed E-state index contributed by atoms with van der Waals surface area (Å²) >= 11 is 0. The number of guanidine groups is 1. The van der Waals surface area contributed by atoms with Gasteiger partial charge in [-0.1, -0.05) is 12.8 Å². The minimum Gasteiger partial charge on any atom is -0.469 e. The Kier molecular flexibility index (Phi) is 11.0. The molecule has 0 aliphatic heterocycles. The summed E-state index contributed by atoms with van der Waals surface area (Å²) in [6, 6.07) is 0. The molecule has 0 spiro atoms. The molecule has 0 saturated heterocycles. The summed E-state index contributed by atoms with van der Waals surface area (Å²) in [5.74, 6) is 1.17. The van der Waals surface area contributed by atoms with Crippen molar-refractivity contribution in [1.29, 1.82) is 0 Å². The second kappa shape index (κ2) is 11.3. The van der Waals surface area contributed by atoms with Gasteiger partial charge in [0.1, 0.15) is 0 Å². The van der Waals surface area contributed by atoms with Crippen molar-refractivity contribution >= 4 is 35.9 Å². The van der Waals surface area contributed by atoms with Crippen LogP contribution in [-0.2, 0) is 9.53 Å². The average molecular weight is 383 g/mol. The first-order chi connectivity index (χ1) is 8.72. The first-order valence-corrected chi connectivity index (χ1v) is 6.83. The number of halogens is 1. The Bertz CT molecular complexity index is 281. The Labute approximate surface area is 132 Å². The van der Waals surface area contributed by atoms with Crippen molar-refractivity contribution in [3.8, 4) is 0 Å². The van der Waals surface area contributed by atoms with E-state index in [0.717, 1.165) is 38.3 Å². The molecule has 112 valence electrons. The average Bonchev–Trinajstić information content (AvgIpc) is 2.31. The highest BCUT2D eigenvalue weighted by atomic mass is 127. The van der Waals surface area contributed by atoms with Gasteiger partial charge >= 0.3 is 5.97 Å². The molecule has 0 aromatic rings. The number of nitrogens with two attached hydrogens (primary N) is 1. The number of hydrogen-bond donors (Lipinski definition) is 2. The third-order valence-electron chi connectivity index (χ3n) is 3.34. The lowest BCUT2D eigenvalue weighted by Crippen LogP contribution is -2.33. The van der Waals surface area contributed by atoms with E-state index >= 15 is 0 Å². The molecule has 1 fully saturated rings. The zero-order valence-electron chi connectivity index (χ0n) is 11.7. The summed E-state index contributed by atoms with van der Waals surface area (Å²) in [5, 5.41) is 3.10. The molecule has 0 radical (unpaired) electrons. The van der Waals surface area contributed by atoms with Crippen LogP contribution < -0.4 is 11.1 Å². The van der Waals surface area contributed by atoms with Crippen LogP contribution in [-0.4, -0.2) is 32.1 Å². The van der Waals surface area contributed by atoms with Crippen LogP contribution >= 0.6 is 24.0 Å². The van der Waals surface area contributed by atoms with E-state index in [0.29, 0.717) is 12.4 Å². The van der Waals surface area contributed by atoms with E-state index in [1.807, 2.05) is 0 Å². The van der Waals surface area contributed by atoms with E-state index in [9.17, 15) is 4.79 Å². The molecule has 1 saturated carbocycles. The van der Waals surface area contributed by atoms with E-state index in [1.165, 1.54) is 26.4 Å². The molecule has 1 rings (SSSR count). The number of aliphatic imine (C=N–C) groups is 1. The van der Waals surface area contributed by atoms with Gasteiger partial charge in [0, 0.05) is 19.5 Å². The number of carbonyl (C=O) groups excluding carboxylic acids is 1. The molecule has 0 aromatic carbocycles. The second-order valence-electron chi connectivity index (χ2n) is 4.84. The van der Waals surface area contributed by atoms with Gasteiger partial charge < -0.3 is 15.8 Å². The van der Waals surface area contributed by atoms with Crippen molar-refractivity contribution in [3.63, 3.8) is 0 Å². The minimum absolute atomic E-state index is 0. The van der Waals surface area contributed by atoms with Crippen molar-refractivity contribution in [2.24, 2.45) is 16.6 Å². The van der Waals surface area contributed by atoms with Crippen LogP contribution in [0.3, 0.4) is 0 Å². The Morgan fingerprint density at radius 2 is 2.11 bits per heavy atom. The predicted molar refractivity (Wildman–Crippen MR) is 87.7 cm³/mol. The molecule has 0 bridgehead atoms. The molecule has 0 amide bonds. The number of unbranched alkanes of at least 4 members (excludes halogenated alkanes) is 2. The molecule has 0 atom stereocenters. The van der Waals surface area contributed by atoms with Gasteiger partial charge in [0.25, 0.3) is 0 Å². The highest BCUT2D eigenvalue weighted by Gasteiger charge is 2.16. The Morgan fingerprint density at radius 3 is 2.68 bits per heavy atom. The van der Waals surface area contributed by atoms with Crippen molar-refractivity contribution in [1.82, 2.24) is 5.32 Å². The summed E-state index contributed by atoms with van der Waals surface area (Å²) in [6.07, 6.45) is 7.30. The van der Waals surface area contributed by atoms with Gasteiger partial charge in [-0.15, -0.1) is 24.0 Å². The standard InChI is InChI=1S/C13H25N3O2.HI/c1-18-12(17)8-3-2-4-9-15-13(14)16-10-11-6-5-7-11;/h11H,2-10H2,1H3,(H3,14,15,16);1H. The van der Waals surface area contributed by atoms with Crippen molar-refractivity contribution in [2.75, 3.05) is 20.2 Å². The van der Waals surface area contributed by atoms with Crippen LogP contribution in [0.1, 0.15) is 44.9 Å². The minimum atomic E-state index is -0.135. The van der Waals surface area contributed by atoms with Crippen LogP contribution in [0.2, 0.25) is 0 Å². The van der Waals surface area contributed by atoms with E-state index in [4.69, 9.17) is 5.73 Å². The number of nitrogens with zero attached hydrogens (tertiary/aromatic N) is 1. The predicted octanol–water partition coefficient (Wildman–Crippen LogP) is 2.04. The Morgan fingerprint density at radius 1 is 1.37 bits per heavy atom. The SMILES string of the molecule is COC(=O)CCCCCNC(N)=NCC1CCC1.I. The zero-order chi connectivity index (χ0) is 13.2. The van der Waals surface area contributed by atoms with Crippen molar-refractivity contribution in [3.05, 3.63) is 0 Å². The number of nitrogens with one attached hydrogen (secondary N) is 1. The van der Waals surface area contributed by atoms with Gasteiger partial charge in [-0.05, 0) is 31.6 Å². The van der Waals surface area contributed by atoms with Crippen LogP contribution in [0.5, 0.6) is 0 Å². The maximum atomic E-state index is 10.9. The van der Waals surface area contributed by atoms with Crippen LogP contribution in [0, 0.1) is 5.92 Å². The first-order valence-electron chi connectivity index (χ1n) is 6.83. The summed E-state index contributed by atoms with van der Waals surface area (Å²) in [7, 11) is 1.42. The zero-order valence-corrected chi connectivity index (χ0v) is 14.0. The third kappa shape index (κ3) is 9.07. The van der Waals surface area contributed by atoms with Crippen LogP contribution in [0.15, 0.2) is 4.99 Å². The van der Waals surface area contributed by atoms with E-state index in [2.05, 4.69) is 15.0 Å². The maximum Gasteiger partial charge on any atom is 0.305 e. The smallest absolute Gasteiger partial charge is 0.305 e. The van der Waals surface area contributed by atoms with E-state index < -0.39 is 0 Å². The number of ether oxygens (including phenoxy) is 1. The van der Waals surface area contributed by atoms with Crippen LogP contribution in [0.4, 0.5) is 0 Å². The Balaban J connectivity index is 0.00000324. The molecule has 1 aliphatic rings. The molecule has 0 heterocycles. The lowest BCUT2D eigenvalue weighted by Gasteiger charge is -2.23. The topological polar surface area (TPSA) is 76.7 Å². The number of methoxy groups -OCH3 is 1. The van der Waals surface area contributed by atoms with Gasteiger partial charge in [0.15, 0.2) is 5.96 Å². The maximum absolute atomic E-state index is 10.9. The summed E-state index contributed by atoms with van der Waals surface area (Å²) in [5.41, 5.74) is 5.75. The molecule has 6 heteroatoms. The number of rotatable bonds is 8. The fourth-order valence-corrected chi connectivity index (χ4v) is 1.85. The molecule has 0 unspecified atom stereocenters. The summed E-state index contributed by atoms with van der Waals surface area (Å²) in [6.45, 7) is 1.68. The molecular formula is C13H26IN3O2. The summed E-state index contributed by atoms with van der Waals surface area (Å²) < 4.78 is 4.57. The monoisotopic (exact) mass is 383 g/mol. The van der Waals surface area contributed by atoms with Crippen molar-refractivity contribution < 1.29 is 9.53 Å². The van der Waals surface area contributed by atoms with Crippen molar-refractivity contribution in [2.45, 2.75) is 44.9 Å². The number of hydrogen-bond acceptors (Lipinski definition) is 3. The fourth-order valence-electron chi connectivity index (χ4n) is 1.85. The lowest BCUT2D eigenvalue weighted by molar-refractivity contribution is -0.140. The third-order valence-corrected chi connectivity index (χ3v) is 3.34. The first kappa shape index (κ1) is 18.5. The van der Waals surface area contributed by atoms with E-state index in [1.54, 1.807) is 0 Å². The molecule has 5 nitrogen and oxygen atoms in total. The van der Waals surface area contributed by atoms with E-state index in [-0.39, 0.29) is 29.9 Å². The molecular weight excluding hydrogens is 357 g/mol. The lowest BCUT2D eigenvalue weighted by atomic mass is 9.86. The number of esters is 1. The van der Waals surface area contributed by atoms with Gasteiger partial charge in [-0.25, -0.2) is 0 Å². The highest BCUT2D eigenvalue weighted by Crippen LogP contribution is 2.26. The molecule has 0 aromatic heterocycles. The fraction of sp³-hybridized carbons (Fsp3) is 0.846. The van der Waals surface area contributed by atoms with Gasteiger partial charge in [-0.3, -0.25) is 9.79 Å². The van der Waals surface area contributed by atoms with Crippen LogP contribution in [0.25, 0.3) is 0 Å². The quantitative estimate of drug-likeness (QED) is 0.221. The molecule has 1 aliphatic carbocycles. The largest absolute Gasteiger partial charge is 0.469 e. The molecule has 3 N–H and O–H groups in total. The second-order valence-corrected chi connectivity index (χ2v) is 4.84.